The lowest BCUT2D eigenvalue weighted by atomic mass is 11.0. The van der Waals surface area contributed by atoms with E-state index in [0.717, 1.165) is 0 Å². The van der Waals surface area contributed by atoms with Crippen LogP contribution in [0.5, 0.6) is 0 Å². The van der Waals surface area contributed by atoms with Gasteiger partial charge in [-0.3, -0.25) is 5.41 Å². The van der Waals surface area contributed by atoms with Gasteiger partial charge in [-0.15, -0.1) is 24.0 Å². The van der Waals surface area contributed by atoms with Crippen molar-refractivity contribution in [2.24, 2.45) is 16.5 Å². The van der Waals surface area contributed by atoms with Gasteiger partial charge in [0.2, 0.25) is 5.96 Å². The number of halogens is 1. The van der Waals surface area contributed by atoms with Crippen LogP contribution in [0.2, 0.25) is 0 Å². The fourth-order valence-corrected chi connectivity index (χ4v) is 0.354. The Morgan fingerprint density at radius 1 is 1.56 bits per heavy atom. The molecular weight excluding hydrogens is 251 g/mol. The lowest BCUT2D eigenvalue weighted by molar-refractivity contribution is 1.38. The second-order valence-electron chi connectivity index (χ2n) is 1.04. The minimum Gasteiger partial charge on any atom is -0.378 e. The summed E-state index contributed by atoms with van der Waals surface area (Å²) < 4.78 is 0. The number of hydrogen-bond donors (Lipinski definition) is 3. The topological polar surface area (TPSA) is 88.2 Å². The van der Waals surface area contributed by atoms with Crippen LogP contribution in [0, 0.1) is 5.41 Å². The second kappa shape index (κ2) is 6.14. The standard InChI is InChI=1S/C3H8N4S.HI/c1-8-3(6)7-2(4)5;/h1H3,(H5,4,5,6,7);1H. The fraction of sp³-hybridized carbons (Fsp3) is 0.333. The number of amidine groups is 1. The molecule has 0 heterocycles. The van der Waals surface area contributed by atoms with E-state index in [1.54, 1.807) is 6.26 Å². The van der Waals surface area contributed by atoms with E-state index in [1.807, 2.05) is 0 Å². The van der Waals surface area contributed by atoms with Crippen molar-refractivity contribution in [3.63, 3.8) is 0 Å². The van der Waals surface area contributed by atoms with Crippen LogP contribution in [0.15, 0.2) is 4.99 Å². The number of rotatable bonds is 0. The SMILES string of the molecule is CSC(N)=NC(=N)N.I. The third kappa shape index (κ3) is 8.02. The number of aliphatic imine (C=N–C) groups is 1. The van der Waals surface area contributed by atoms with Gasteiger partial charge < -0.3 is 11.5 Å². The molecule has 0 saturated carbocycles. The first-order valence-corrected chi connectivity index (χ1v) is 3.11. The Bertz CT molecular complexity index is 123. The summed E-state index contributed by atoms with van der Waals surface area (Å²) in [6.07, 6.45) is 1.77. The highest BCUT2D eigenvalue weighted by Gasteiger charge is 1.85. The van der Waals surface area contributed by atoms with Crippen molar-refractivity contribution in [1.29, 1.82) is 5.41 Å². The molecule has 6 heteroatoms. The molecule has 0 rings (SSSR count). The van der Waals surface area contributed by atoms with Crippen LogP contribution in [0.1, 0.15) is 0 Å². The molecule has 0 fully saturated rings. The molecule has 0 aliphatic carbocycles. The average Bonchev–Trinajstić information content (AvgIpc) is 1.65. The Kier molecular flexibility index (Phi) is 8.04. The molecule has 0 unspecified atom stereocenters. The maximum absolute atomic E-state index is 6.62. The van der Waals surface area contributed by atoms with Gasteiger partial charge in [0.05, 0.1) is 0 Å². The molecule has 9 heavy (non-hydrogen) atoms. The van der Waals surface area contributed by atoms with Crippen LogP contribution in [0.4, 0.5) is 0 Å². The average molecular weight is 260 g/mol. The maximum Gasteiger partial charge on any atom is 0.214 e. The molecule has 5 N–H and O–H groups in total. The summed E-state index contributed by atoms with van der Waals surface area (Å²) >= 11 is 1.26. The van der Waals surface area contributed by atoms with Crippen molar-refractivity contribution < 1.29 is 0 Å². The first-order chi connectivity index (χ1) is 3.66. The summed E-state index contributed by atoms with van der Waals surface area (Å²) in [5.74, 6) is -0.253. The Hall–Kier alpha value is 0.0200. The summed E-state index contributed by atoms with van der Waals surface area (Å²) in [6, 6.07) is 0. The molecule has 4 nitrogen and oxygen atoms in total. The molecule has 0 aromatic heterocycles. The van der Waals surface area contributed by atoms with Crippen molar-refractivity contribution in [3.8, 4) is 0 Å². The van der Waals surface area contributed by atoms with Gasteiger partial charge in [-0.2, -0.15) is 4.99 Å². The Labute approximate surface area is 75.0 Å². The zero-order valence-corrected chi connectivity index (χ0v) is 8.07. The molecule has 0 aromatic rings. The molecule has 0 saturated heterocycles. The highest BCUT2D eigenvalue weighted by atomic mass is 127. The normalized spacial score (nSPS) is 10.1. The molecule has 0 bridgehead atoms. The van der Waals surface area contributed by atoms with E-state index in [0.29, 0.717) is 5.17 Å². The molecule has 0 amide bonds. The van der Waals surface area contributed by atoms with Gasteiger partial charge in [0.15, 0.2) is 5.17 Å². The number of nitrogens with two attached hydrogens (primary N) is 2. The van der Waals surface area contributed by atoms with Gasteiger partial charge in [-0.1, -0.05) is 11.8 Å². The van der Waals surface area contributed by atoms with Crippen LogP contribution in [-0.2, 0) is 0 Å². The lowest BCUT2D eigenvalue weighted by Gasteiger charge is -1.89. The van der Waals surface area contributed by atoms with Crippen molar-refractivity contribution in [1.82, 2.24) is 0 Å². The van der Waals surface area contributed by atoms with Crippen molar-refractivity contribution in [2.75, 3.05) is 6.26 Å². The number of nitrogens with zero attached hydrogens (tertiary/aromatic N) is 1. The van der Waals surface area contributed by atoms with Gasteiger partial charge in [0, 0.05) is 0 Å². The predicted octanol–water partition coefficient (Wildman–Crippen LogP) is 0.176. The van der Waals surface area contributed by atoms with Crippen LogP contribution in [0.25, 0.3) is 0 Å². The fourth-order valence-electron chi connectivity index (χ4n) is 0.164. The Morgan fingerprint density at radius 2 is 2.00 bits per heavy atom. The second-order valence-corrected chi connectivity index (χ2v) is 1.87. The highest BCUT2D eigenvalue weighted by Crippen LogP contribution is 1.88. The quantitative estimate of drug-likeness (QED) is 0.329. The van der Waals surface area contributed by atoms with E-state index in [1.165, 1.54) is 11.8 Å². The Morgan fingerprint density at radius 3 is 2.11 bits per heavy atom. The first kappa shape index (κ1) is 11.8. The highest BCUT2D eigenvalue weighted by molar-refractivity contribution is 14.0. The summed E-state index contributed by atoms with van der Waals surface area (Å²) in [7, 11) is 0. The summed E-state index contributed by atoms with van der Waals surface area (Å²) in [5.41, 5.74) is 10.0. The summed E-state index contributed by atoms with van der Waals surface area (Å²) in [4.78, 5) is 3.41. The first-order valence-electron chi connectivity index (χ1n) is 1.89. The molecular formula is C3H9IN4S. The Balaban J connectivity index is 0. The molecule has 0 aliphatic rings. The van der Waals surface area contributed by atoms with Gasteiger partial charge in [-0.25, -0.2) is 0 Å². The van der Waals surface area contributed by atoms with Crippen LogP contribution >= 0.6 is 35.7 Å². The zero-order chi connectivity index (χ0) is 6.57. The zero-order valence-electron chi connectivity index (χ0n) is 4.92. The summed E-state index contributed by atoms with van der Waals surface area (Å²) in [6.45, 7) is 0. The largest absolute Gasteiger partial charge is 0.378 e. The van der Waals surface area contributed by atoms with Crippen molar-refractivity contribution in [3.05, 3.63) is 0 Å². The van der Waals surface area contributed by atoms with Gasteiger partial charge in [0.1, 0.15) is 0 Å². The van der Waals surface area contributed by atoms with E-state index >= 15 is 0 Å². The van der Waals surface area contributed by atoms with Crippen LogP contribution in [-0.4, -0.2) is 17.4 Å². The van der Waals surface area contributed by atoms with Crippen molar-refractivity contribution in [2.45, 2.75) is 0 Å². The minimum absolute atomic E-state index is 0. The van der Waals surface area contributed by atoms with E-state index < -0.39 is 0 Å². The van der Waals surface area contributed by atoms with E-state index in [9.17, 15) is 0 Å². The van der Waals surface area contributed by atoms with Crippen LogP contribution < -0.4 is 11.5 Å². The molecule has 54 valence electrons. The van der Waals surface area contributed by atoms with Gasteiger partial charge >= 0.3 is 0 Å². The molecule has 0 aromatic carbocycles. The summed E-state index contributed by atoms with van der Waals surface area (Å²) in [5, 5.41) is 6.94. The van der Waals surface area contributed by atoms with E-state index in [-0.39, 0.29) is 29.9 Å². The number of hydrogen-bond acceptors (Lipinski definition) is 2. The van der Waals surface area contributed by atoms with Crippen LogP contribution in [0.3, 0.4) is 0 Å². The molecule has 0 aliphatic heterocycles. The third-order valence-corrected chi connectivity index (χ3v) is 0.949. The molecule has 0 atom stereocenters. The number of guanidine groups is 1. The smallest absolute Gasteiger partial charge is 0.214 e. The van der Waals surface area contributed by atoms with E-state index in [2.05, 4.69) is 4.99 Å². The lowest BCUT2D eigenvalue weighted by Crippen LogP contribution is -2.13. The van der Waals surface area contributed by atoms with Gasteiger partial charge in [0.25, 0.3) is 0 Å². The molecule has 0 spiro atoms. The minimum atomic E-state index is -0.253. The molecule has 0 radical (unpaired) electrons. The third-order valence-electron chi connectivity index (χ3n) is 0.440. The number of nitrogens with one attached hydrogen (secondary N) is 1. The monoisotopic (exact) mass is 260 g/mol. The predicted molar refractivity (Wildman–Crippen MR) is 52.5 cm³/mol. The maximum atomic E-state index is 6.62. The van der Waals surface area contributed by atoms with Crippen molar-refractivity contribution >= 4 is 46.9 Å². The number of thioether (sulfide) groups is 1. The van der Waals surface area contributed by atoms with Gasteiger partial charge in [-0.05, 0) is 6.26 Å². The van der Waals surface area contributed by atoms with E-state index in [4.69, 9.17) is 16.9 Å².